The van der Waals surface area contributed by atoms with E-state index in [9.17, 15) is 0 Å². The SMILES string of the molecule is CN(C)c1ccc(C=C2CCC[n+]3c2oc2ccc(-c4ccccc4)cc23)cc1.[I-]. The molecule has 0 fully saturated rings. The number of fused-ring (bicyclic) bond motifs is 3. The second-order valence-corrected chi connectivity index (χ2v) is 7.87. The van der Waals surface area contributed by atoms with Crippen molar-refractivity contribution in [3.63, 3.8) is 0 Å². The first-order chi connectivity index (χ1) is 14.2. The molecule has 0 bridgehead atoms. The molecule has 4 aromatic rings. The molecule has 5 rings (SSSR count). The van der Waals surface area contributed by atoms with Gasteiger partial charge in [0.25, 0.3) is 5.52 Å². The third-order valence-corrected chi connectivity index (χ3v) is 5.66. The van der Waals surface area contributed by atoms with Gasteiger partial charge in [-0.15, -0.1) is 0 Å². The number of hydrogen-bond acceptors (Lipinski definition) is 2. The first-order valence-corrected chi connectivity index (χ1v) is 10.2. The molecule has 3 nitrogen and oxygen atoms in total. The van der Waals surface area contributed by atoms with Crippen LogP contribution >= 0.6 is 0 Å². The molecule has 2 heterocycles. The summed E-state index contributed by atoms with van der Waals surface area (Å²) in [5, 5.41) is 0. The lowest BCUT2D eigenvalue weighted by atomic mass is 10.0. The molecular formula is C26H25IN2O. The molecule has 0 amide bonds. The van der Waals surface area contributed by atoms with E-state index in [1.54, 1.807) is 0 Å². The maximum absolute atomic E-state index is 6.31. The fourth-order valence-electron chi connectivity index (χ4n) is 4.09. The second-order valence-electron chi connectivity index (χ2n) is 7.87. The largest absolute Gasteiger partial charge is 1.00 e. The zero-order chi connectivity index (χ0) is 19.8. The van der Waals surface area contributed by atoms with Gasteiger partial charge in [0.05, 0.1) is 5.57 Å². The molecule has 4 heteroatoms. The maximum Gasteiger partial charge on any atom is 0.377 e. The van der Waals surface area contributed by atoms with Crippen LogP contribution in [0.3, 0.4) is 0 Å². The Balaban J connectivity index is 0.00000218. The zero-order valence-corrected chi connectivity index (χ0v) is 19.5. The number of rotatable bonds is 3. The van der Waals surface area contributed by atoms with E-state index in [1.807, 2.05) is 0 Å². The molecule has 0 radical (unpaired) electrons. The second kappa shape index (κ2) is 8.64. The predicted octanol–water partition coefficient (Wildman–Crippen LogP) is 2.79. The zero-order valence-electron chi connectivity index (χ0n) is 17.3. The summed E-state index contributed by atoms with van der Waals surface area (Å²) in [7, 11) is 4.13. The van der Waals surface area contributed by atoms with Crippen LogP contribution in [0.1, 0.15) is 24.3 Å². The van der Waals surface area contributed by atoms with E-state index in [-0.39, 0.29) is 24.0 Å². The van der Waals surface area contributed by atoms with Gasteiger partial charge in [0.1, 0.15) is 0 Å². The van der Waals surface area contributed by atoms with Crippen molar-refractivity contribution in [3.05, 3.63) is 84.3 Å². The lowest BCUT2D eigenvalue weighted by Gasteiger charge is -2.12. The Kier molecular flexibility index (Phi) is 5.95. The minimum absolute atomic E-state index is 0. The number of allylic oxidation sites excluding steroid dienone is 1. The standard InChI is InChI=1S/C26H25N2O.HI/c1-27(2)23-13-10-19(11-14-23)17-22-9-6-16-28-24-18-21(20-7-4-3-5-8-20)12-15-25(24)29-26(22)28;/h3-5,7-8,10-15,17-18H,6,9,16H2,1-2H3;1H/q+1;/p-1. The van der Waals surface area contributed by atoms with Gasteiger partial charge in [-0.25, -0.2) is 0 Å². The molecule has 1 aromatic heterocycles. The summed E-state index contributed by atoms with van der Waals surface area (Å²) in [6.07, 6.45) is 4.44. The Labute approximate surface area is 194 Å². The number of anilines is 1. The molecule has 0 aliphatic carbocycles. The molecular weight excluding hydrogens is 483 g/mol. The summed E-state index contributed by atoms with van der Waals surface area (Å²) in [5.74, 6) is 0.994. The quantitative estimate of drug-likeness (QED) is 0.314. The van der Waals surface area contributed by atoms with E-state index in [1.165, 1.54) is 33.5 Å². The van der Waals surface area contributed by atoms with Crippen LogP contribution in [0.15, 0.2) is 77.2 Å². The van der Waals surface area contributed by atoms with E-state index in [2.05, 4.69) is 102 Å². The Morgan fingerprint density at radius 2 is 1.67 bits per heavy atom. The fraction of sp³-hybridized carbons (Fsp3) is 0.192. The van der Waals surface area contributed by atoms with Gasteiger partial charge in [-0.05, 0) is 47.4 Å². The van der Waals surface area contributed by atoms with Crippen molar-refractivity contribution < 1.29 is 33.0 Å². The van der Waals surface area contributed by atoms with E-state index in [4.69, 9.17) is 4.42 Å². The van der Waals surface area contributed by atoms with Crippen LogP contribution in [0.25, 0.3) is 33.9 Å². The summed E-state index contributed by atoms with van der Waals surface area (Å²) in [6, 6.07) is 25.7. The molecule has 0 atom stereocenters. The molecule has 0 spiro atoms. The van der Waals surface area contributed by atoms with Crippen LogP contribution in [0, 0.1) is 0 Å². The van der Waals surface area contributed by atoms with Crippen LogP contribution in [0.4, 0.5) is 5.69 Å². The number of nitrogens with zero attached hydrogens (tertiary/aromatic N) is 2. The minimum atomic E-state index is 0. The number of hydrogen-bond donors (Lipinski definition) is 0. The topological polar surface area (TPSA) is 20.3 Å². The minimum Gasteiger partial charge on any atom is -1.00 e. The summed E-state index contributed by atoms with van der Waals surface area (Å²) < 4.78 is 8.65. The molecule has 0 saturated carbocycles. The van der Waals surface area contributed by atoms with Gasteiger partial charge in [0.15, 0.2) is 6.54 Å². The predicted molar refractivity (Wildman–Crippen MR) is 120 cm³/mol. The monoisotopic (exact) mass is 508 g/mol. The summed E-state index contributed by atoms with van der Waals surface area (Å²) in [5.41, 5.74) is 8.28. The average Bonchev–Trinajstić information content (AvgIpc) is 3.14. The first-order valence-electron chi connectivity index (χ1n) is 10.2. The molecule has 0 saturated heterocycles. The van der Waals surface area contributed by atoms with E-state index in [0.717, 1.165) is 30.9 Å². The van der Waals surface area contributed by atoms with Crippen LogP contribution < -0.4 is 33.4 Å². The Morgan fingerprint density at radius 1 is 0.900 bits per heavy atom. The van der Waals surface area contributed by atoms with Gasteiger partial charge in [-0.1, -0.05) is 48.5 Å². The number of aromatic nitrogens is 1. The highest BCUT2D eigenvalue weighted by Crippen LogP contribution is 2.31. The molecule has 0 N–H and O–H groups in total. The lowest BCUT2D eigenvalue weighted by molar-refractivity contribution is -0.682. The molecule has 30 heavy (non-hydrogen) atoms. The van der Waals surface area contributed by atoms with Crippen LogP contribution in [0.2, 0.25) is 0 Å². The Morgan fingerprint density at radius 3 is 2.40 bits per heavy atom. The van der Waals surface area contributed by atoms with Gasteiger partial charge >= 0.3 is 5.89 Å². The molecule has 1 aliphatic heterocycles. The third-order valence-electron chi connectivity index (χ3n) is 5.66. The van der Waals surface area contributed by atoms with Crippen molar-refractivity contribution in [2.45, 2.75) is 19.4 Å². The van der Waals surface area contributed by atoms with E-state index in [0.29, 0.717) is 0 Å². The van der Waals surface area contributed by atoms with Crippen molar-refractivity contribution in [2.24, 2.45) is 0 Å². The maximum atomic E-state index is 6.31. The Bertz CT molecular complexity index is 1190. The summed E-state index contributed by atoms with van der Waals surface area (Å²) in [6.45, 7) is 0.998. The van der Waals surface area contributed by atoms with Crippen molar-refractivity contribution in [3.8, 4) is 11.1 Å². The molecule has 0 unspecified atom stereocenters. The number of halogens is 1. The van der Waals surface area contributed by atoms with Crippen LogP contribution in [-0.2, 0) is 6.54 Å². The van der Waals surface area contributed by atoms with Crippen LogP contribution in [0.5, 0.6) is 0 Å². The van der Waals surface area contributed by atoms with Crippen molar-refractivity contribution >= 4 is 28.4 Å². The Hall–Kier alpha value is -2.60. The third kappa shape index (κ3) is 3.88. The van der Waals surface area contributed by atoms with E-state index >= 15 is 0 Å². The molecule has 3 aromatic carbocycles. The highest BCUT2D eigenvalue weighted by molar-refractivity contribution is 5.82. The number of benzene rings is 3. The van der Waals surface area contributed by atoms with Crippen molar-refractivity contribution in [2.75, 3.05) is 19.0 Å². The first kappa shape index (κ1) is 20.7. The lowest BCUT2D eigenvalue weighted by Crippen LogP contribution is -3.00. The van der Waals surface area contributed by atoms with Gasteiger partial charge in [-0.3, -0.25) is 0 Å². The fourth-order valence-corrected chi connectivity index (χ4v) is 4.09. The summed E-state index contributed by atoms with van der Waals surface area (Å²) in [4.78, 5) is 2.12. The number of aryl methyl sites for hydroxylation is 1. The normalized spacial score (nSPS) is 14.4. The smallest absolute Gasteiger partial charge is 0.377 e. The summed E-state index contributed by atoms with van der Waals surface area (Å²) >= 11 is 0. The van der Waals surface area contributed by atoms with Gasteiger partial charge < -0.3 is 33.3 Å². The van der Waals surface area contributed by atoms with Crippen molar-refractivity contribution in [1.82, 2.24) is 0 Å². The van der Waals surface area contributed by atoms with Gasteiger partial charge in [0, 0.05) is 32.3 Å². The molecule has 152 valence electrons. The van der Waals surface area contributed by atoms with E-state index < -0.39 is 0 Å². The number of oxazole rings is 1. The highest BCUT2D eigenvalue weighted by Gasteiger charge is 2.30. The molecule has 1 aliphatic rings. The highest BCUT2D eigenvalue weighted by atomic mass is 127. The van der Waals surface area contributed by atoms with Gasteiger partial charge in [0.2, 0.25) is 5.58 Å². The average molecular weight is 508 g/mol. The van der Waals surface area contributed by atoms with Crippen molar-refractivity contribution in [1.29, 1.82) is 0 Å². The van der Waals surface area contributed by atoms with Gasteiger partial charge in [-0.2, -0.15) is 4.57 Å². The van der Waals surface area contributed by atoms with Crippen LogP contribution in [-0.4, -0.2) is 14.1 Å².